The molecule has 0 saturated carbocycles. The van der Waals surface area contributed by atoms with Gasteiger partial charge in [0.1, 0.15) is 23.1 Å². The highest BCUT2D eigenvalue weighted by molar-refractivity contribution is 5.99. The number of halogens is 1. The lowest BCUT2D eigenvalue weighted by Gasteiger charge is -2.28. The fourth-order valence-corrected chi connectivity index (χ4v) is 3.53. The van der Waals surface area contributed by atoms with Crippen LogP contribution in [0.15, 0.2) is 60.0 Å². The molecule has 2 N–H and O–H groups in total. The van der Waals surface area contributed by atoms with Gasteiger partial charge in [-0.05, 0) is 48.7 Å². The van der Waals surface area contributed by atoms with E-state index in [9.17, 15) is 14.0 Å². The zero-order valence-corrected chi connectivity index (χ0v) is 18.6. The number of carbonyl (C=O) groups excluding carboxylic acids is 2. The van der Waals surface area contributed by atoms with Gasteiger partial charge in [0.15, 0.2) is 0 Å². The minimum atomic E-state index is -0.701. The van der Waals surface area contributed by atoms with Gasteiger partial charge in [0.25, 0.3) is 12.3 Å². The fourth-order valence-electron chi connectivity index (χ4n) is 3.53. The molecule has 1 aliphatic heterocycles. The highest BCUT2D eigenvalue weighted by atomic mass is 19.1. The summed E-state index contributed by atoms with van der Waals surface area (Å²) < 4.78 is 19.6. The smallest absolute Gasteiger partial charge is 0.277 e. The lowest BCUT2D eigenvalue weighted by Crippen LogP contribution is -2.44. The van der Waals surface area contributed by atoms with E-state index in [0.29, 0.717) is 18.0 Å². The van der Waals surface area contributed by atoms with Gasteiger partial charge in [0.2, 0.25) is 6.41 Å². The molecule has 2 amide bonds. The summed E-state index contributed by atoms with van der Waals surface area (Å²) in [6.45, 7) is 5.06. The maximum atomic E-state index is 13.4. The standard InChI is InChI=1S/C24H29FN4O3/c1-4-5-13-28(3)22-21(23(31)26-16-30)29(15-18-9-11-19(25)12-10-18)24(27-22)32-20-8-6-7-17(2)14-20/h6-12,14,16,24,27H,4-5,13,15H2,1-3H3,(H,26,30,31). The molecule has 170 valence electrons. The highest BCUT2D eigenvalue weighted by Crippen LogP contribution is 2.27. The van der Waals surface area contributed by atoms with E-state index in [2.05, 4.69) is 17.6 Å². The van der Waals surface area contributed by atoms with Gasteiger partial charge in [-0.15, -0.1) is 0 Å². The molecule has 32 heavy (non-hydrogen) atoms. The van der Waals surface area contributed by atoms with E-state index in [-0.39, 0.29) is 18.1 Å². The van der Waals surface area contributed by atoms with Gasteiger partial charge in [-0.1, -0.05) is 37.6 Å². The van der Waals surface area contributed by atoms with Crippen molar-refractivity contribution in [2.24, 2.45) is 0 Å². The predicted molar refractivity (Wildman–Crippen MR) is 119 cm³/mol. The van der Waals surface area contributed by atoms with E-state index in [1.54, 1.807) is 17.0 Å². The second kappa shape index (κ2) is 10.7. The molecule has 8 heteroatoms. The Labute approximate surface area is 187 Å². The predicted octanol–water partition coefficient (Wildman–Crippen LogP) is 3.08. The van der Waals surface area contributed by atoms with Crippen LogP contribution < -0.4 is 15.4 Å². The van der Waals surface area contributed by atoms with Crippen molar-refractivity contribution in [3.05, 3.63) is 77.0 Å². The summed E-state index contributed by atoms with van der Waals surface area (Å²) in [4.78, 5) is 27.7. The molecule has 0 radical (unpaired) electrons. The average molecular weight is 441 g/mol. The maximum absolute atomic E-state index is 13.4. The highest BCUT2D eigenvalue weighted by Gasteiger charge is 2.38. The number of hydrogen-bond acceptors (Lipinski definition) is 6. The molecule has 0 aliphatic carbocycles. The van der Waals surface area contributed by atoms with E-state index in [4.69, 9.17) is 4.74 Å². The topological polar surface area (TPSA) is 73.9 Å². The molecule has 0 spiro atoms. The monoisotopic (exact) mass is 440 g/mol. The molecule has 0 fully saturated rings. The normalized spacial score (nSPS) is 15.4. The molecule has 1 unspecified atom stereocenters. The molecule has 1 atom stereocenters. The van der Waals surface area contributed by atoms with Crippen molar-refractivity contribution in [1.29, 1.82) is 0 Å². The summed E-state index contributed by atoms with van der Waals surface area (Å²) in [6.07, 6.45) is 1.60. The molecule has 1 heterocycles. The number of unbranched alkanes of at least 4 members (excludes halogenated alkanes) is 1. The zero-order valence-electron chi connectivity index (χ0n) is 18.6. The number of benzene rings is 2. The first kappa shape index (κ1) is 23.1. The Morgan fingerprint density at radius 2 is 2.03 bits per heavy atom. The minimum Gasteiger partial charge on any atom is -0.452 e. The summed E-state index contributed by atoms with van der Waals surface area (Å²) in [5, 5.41) is 5.54. The van der Waals surface area contributed by atoms with Crippen LogP contribution in [-0.2, 0) is 16.1 Å². The van der Waals surface area contributed by atoms with Gasteiger partial charge in [0, 0.05) is 20.1 Å². The largest absolute Gasteiger partial charge is 0.452 e. The summed E-state index contributed by atoms with van der Waals surface area (Å²) in [5.41, 5.74) is 2.12. The number of hydrogen-bond donors (Lipinski definition) is 2. The van der Waals surface area contributed by atoms with E-state index in [1.807, 2.05) is 43.1 Å². The number of nitrogens with zero attached hydrogens (tertiary/aromatic N) is 2. The molecule has 3 rings (SSSR count). The Hall–Kier alpha value is -3.55. The minimum absolute atomic E-state index is 0.274. The zero-order chi connectivity index (χ0) is 23.1. The number of amides is 2. The van der Waals surface area contributed by atoms with Gasteiger partial charge < -0.3 is 19.9 Å². The Balaban J connectivity index is 1.98. The number of carbonyl (C=O) groups is 2. The van der Waals surface area contributed by atoms with Crippen molar-refractivity contribution in [1.82, 2.24) is 20.4 Å². The molecule has 2 aromatic carbocycles. The third kappa shape index (κ3) is 5.57. The molecule has 1 aliphatic rings. The van der Waals surface area contributed by atoms with Crippen LogP contribution in [-0.4, -0.2) is 42.1 Å². The SMILES string of the molecule is CCCCN(C)C1=C(C(=O)NC=O)N(Cc2ccc(F)cc2)C(Oc2cccc(C)c2)N1. The Bertz CT molecular complexity index is 977. The van der Waals surface area contributed by atoms with Crippen molar-refractivity contribution in [3.8, 4) is 5.75 Å². The molecule has 0 bridgehead atoms. The molecule has 0 saturated heterocycles. The Kier molecular flexibility index (Phi) is 7.70. The van der Waals surface area contributed by atoms with Crippen LogP contribution in [0.4, 0.5) is 4.39 Å². The van der Waals surface area contributed by atoms with Crippen LogP contribution in [0.2, 0.25) is 0 Å². The van der Waals surface area contributed by atoms with Crippen LogP contribution in [0, 0.1) is 12.7 Å². The first-order chi connectivity index (χ1) is 15.4. The molecule has 0 aromatic heterocycles. The number of nitrogens with one attached hydrogen (secondary N) is 2. The number of aryl methyl sites for hydroxylation is 1. The summed E-state index contributed by atoms with van der Waals surface area (Å²) in [5.74, 6) is 0.329. The number of ether oxygens (including phenoxy) is 1. The molecule has 7 nitrogen and oxygen atoms in total. The van der Waals surface area contributed by atoms with Crippen molar-refractivity contribution in [2.45, 2.75) is 39.6 Å². The van der Waals surface area contributed by atoms with Crippen LogP contribution in [0.5, 0.6) is 5.75 Å². The van der Waals surface area contributed by atoms with Crippen molar-refractivity contribution in [3.63, 3.8) is 0 Å². The van der Waals surface area contributed by atoms with Gasteiger partial charge in [-0.25, -0.2) is 4.39 Å². The third-order valence-electron chi connectivity index (χ3n) is 5.19. The van der Waals surface area contributed by atoms with Gasteiger partial charge in [-0.3, -0.25) is 14.9 Å². The quantitative estimate of drug-likeness (QED) is 0.553. The number of rotatable bonds is 10. The Morgan fingerprint density at radius 3 is 2.69 bits per heavy atom. The fraction of sp³-hybridized carbons (Fsp3) is 0.333. The summed E-state index contributed by atoms with van der Waals surface area (Å²) in [7, 11) is 1.89. The summed E-state index contributed by atoms with van der Waals surface area (Å²) in [6, 6.07) is 13.7. The van der Waals surface area contributed by atoms with Gasteiger partial charge in [0.05, 0.1) is 0 Å². The maximum Gasteiger partial charge on any atom is 0.277 e. The van der Waals surface area contributed by atoms with Crippen LogP contribution in [0.3, 0.4) is 0 Å². The van der Waals surface area contributed by atoms with Crippen LogP contribution >= 0.6 is 0 Å². The van der Waals surface area contributed by atoms with E-state index >= 15 is 0 Å². The first-order valence-electron chi connectivity index (χ1n) is 10.6. The van der Waals surface area contributed by atoms with Crippen LogP contribution in [0.25, 0.3) is 0 Å². The van der Waals surface area contributed by atoms with Crippen LogP contribution in [0.1, 0.15) is 30.9 Å². The van der Waals surface area contributed by atoms with Gasteiger partial charge in [-0.2, -0.15) is 0 Å². The van der Waals surface area contributed by atoms with Crippen molar-refractivity contribution in [2.75, 3.05) is 13.6 Å². The number of imide groups is 1. The Morgan fingerprint density at radius 1 is 1.28 bits per heavy atom. The average Bonchev–Trinajstić information content (AvgIpc) is 3.11. The van der Waals surface area contributed by atoms with Crippen molar-refractivity contribution < 1.29 is 18.7 Å². The lowest BCUT2D eigenvalue weighted by molar-refractivity contribution is -0.124. The first-order valence-corrected chi connectivity index (χ1v) is 10.6. The van der Waals surface area contributed by atoms with Crippen molar-refractivity contribution >= 4 is 12.3 Å². The second-order valence-electron chi connectivity index (χ2n) is 7.75. The molecular weight excluding hydrogens is 411 g/mol. The van der Waals surface area contributed by atoms with E-state index < -0.39 is 12.3 Å². The van der Waals surface area contributed by atoms with E-state index in [0.717, 1.165) is 30.5 Å². The third-order valence-corrected chi connectivity index (χ3v) is 5.19. The van der Waals surface area contributed by atoms with E-state index in [1.165, 1.54) is 12.1 Å². The second-order valence-corrected chi connectivity index (χ2v) is 7.75. The molecule has 2 aromatic rings. The van der Waals surface area contributed by atoms with Gasteiger partial charge >= 0.3 is 0 Å². The lowest BCUT2D eigenvalue weighted by atomic mass is 10.2. The summed E-state index contributed by atoms with van der Waals surface area (Å²) >= 11 is 0. The molecular formula is C24H29FN4O3.